The van der Waals surface area contributed by atoms with Gasteiger partial charge in [0.1, 0.15) is 5.82 Å². The summed E-state index contributed by atoms with van der Waals surface area (Å²) in [6, 6.07) is 7.15. The van der Waals surface area contributed by atoms with Gasteiger partial charge in [0.15, 0.2) is 0 Å². The molecule has 2 rings (SSSR count). The number of pyridine rings is 1. The Morgan fingerprint density at radius 2 is 2.00 bits per heavy atom. The first-order valence-corrected chi connectivity index (χ1v) is 8.14. The fraction of sp³-hybridized carbons (Fsp3) is 0.143. The van der Waals surface area contributed by atoms with E-state index < -0.39 is 0 Å². The average Bonchev–Trinajstić information content (AvgIpc) is 2.45. The van der Waals surface area contributed by atoms with Crippen LogP contribution in [0, 0.1) is 0 Å². The molecule has 4 nitrogen and oxygen atoms in total. The average molecular weight is 434 g/mol. The van der Waals surface area contributed by atoms with Gasteiger partial charge < -0.3 is 10.6 Å². The predicted molar refractivity (Wildman–Crippen MR) is 93.2 cm³/mol. The van der Waals surface area contributed by atoms with E-state index in [-0.39, 0.29) is 5.91 Å². The van der Waals surface area contributed by atoms with E-state index in [1.807, 2.05) is 25.1 Å². The lowest BCUT2D eigenvalue weighted by atomic mass is 10.2. The van der Waals surface area contributed by atoms with Gasteiger partial charge in [0.25, 0.3) is 5.91 Å². The zero-order valence-corrected chi connectivity index (χ0v) is 15.0. The van der Waals surface area contributed by atoms with Crippen LogP contribution in [0.4, 0.5) is 11.5 Å². The number of amides is 1. The fourth-order valence-electron chi connectivity index (χ4n) is 1.66. The van der Waals surface area contributed by atoms with E-state index in [0.717, 1.165) is 8.95 Å². The number of anilines is 2. The number of benzene rings is 1. The maximum Gasteiger partial charge on any atom is 0.257 e. The largest absolute Gasteiger partial charge is 0.369 e. The number of rotatable bonds is 4. The van der Waals surface area contributed by atoms with Crippen molar-refractivity contribution in [3.8, 4) is 0 Å². The third kappa shape index (κ3) is 3.96. The van der Waals surface area contributed by atoms with Gasteiger partial charge >= 0.3 is 0 Å². The third-order valence-corrected chi connectivity index (χ3v) is 4.26. The molecule has 0 bridgehead atoms. The Morgan fingerprint density at radius 3 is 2.57 bits per heavy atom. The number of hydrogen-bond donors (Lipinski definition) is 2. The molecule has 1 aromatic heterocycles. The molecule has 0 aliphatic heterocycles. The molecule has 0 atom stereocenters. The third-order valence-electron chi connectivity index (χ3n) is 2.65. The van der Waals surface area contributed by atoms with Crippen LogP contribution in [0.1, 0.15) is 17.3 Å². The van der Waals surface area contributed by atoms with Crippen LogP contribution < -0.4 is 10.6 Å². The number of nitrogens with zero attached hydrogens (tertiary/aromatic N) is 1. The quantitative estimate of drug-likeness (QED) is 0.718. The van der Waals surface area contributed by atoms with E-state index in [0.29, 0.717) is 28.6 Å². The summed E-state index contributed by atoms with van der Waals surface area (Å²) >= 11 is 12.9. The monoisotopic (exact) mass is 431 g/mol. The molecule has 7 heteroatoms. The molecule has 1 amide bonds. The molecule has 0 spiro atoms. The molecule has 1 heterocycles. The van der Waals surface area contributed by atoms with Crippen LogP contribution in [-0.2, 0) is 0 Å². The lowest BCUT2D eigenvalue weighted by molar-refractivity contribution is 0.102. The maximum atomic E-state index is 12.3. The van der Waals surface area contributed by atoms with Crippen LogP contribution in [0.25, 0.3) is 0 Å². The number of aromatic nitrogens is 1. The van der Waals surface area contributed by atoms with E-state index in [2.05, 4.69) is 47.5 Å². The molecule has 21 heavy (non-hydrogen) atoms. The molecule has 0 aliphatic carbocycles. The number of hydrogen-bond acceptors (Lipinski definition) is 3. The van der Waals surface area contributed by atoms with E-state index in [1.54, 1.807) is 6.07 Å². The van der Waals surface area contributed by atoms with E-state index in [9.17, 15) is 4.79 Å². The summed E-state index contributed by atoms with van der Waals surface area (Å²) < 4.78 is 1.57. The fourth-order valence-corrected chi connectivity index (χ4v) is 3.09. The summed E-state index contributed by atoms with van der Waals surface area (Å²) in [4.78, 5) is 16.4. The molecule has 0 fully saturated rings. The molecular weight excluding hydrogens is 421 g/mol. The van der Waals surface area contributed by atoms with E-state index in [4.69, 9.17) is 11.6 Å². The highest BCUT2D eigenvalue weighted by Gasteiger charge is 2.13. The lowest BCUT2D eigenvalue weighted by Gasteiger charge is -2.10. The highest BCUT2D eigenvalue weighted by Crippen LogP contribution is 2.31. The molecule has 0 unspecified atom stereocenters. The number of nitrogens with one attached hydrogen (secondary N) is 2. The van der Waals surface area contributed by atoms with Gasteiger partial charge in [0, 0.05) is 21.7 Å². The van der Waals surface area contributed by atoms with Crippen molar-refractivity contribution >= 4 is 60.9 Å². The number of carbonyl (C=O) groups is 1. The van der Waals surface area contributed by atoms with Crippen molar-refractivity contribution < 1.29 is 4.79 Å². The van der Waals surface area contributed by atoms with Crippen LogP contribution >= 0.6 is 43.5 Å². The van der Waals surface area contributed by atoms with Crippen LogP contribution in [0.2, 0.25) is 5.02 Å². The Kier molecular flexibility index (Phi) is 5.61. The van der Waals surface area contributed by atoms with Crippen molar-refractivity contribution in [2.75, 3.05) is 17.2 Å². The predicted octanol–water partition coefficient (Wildman–Crippen LogP) is 4.94. The Labute approximate surface area is 144 Å². The minimum absolute atomic E-state index is 0.278. The number of halogens is 3. The second-order valence-electron chi connectivity index (χ2n) is 4.14. The van der Waals surface area contributed by atoms with E-state index in [1.165, 1.54) is 6.20 Å². The van der Waals surface area contributed by atoms with Crippen molar-refractivity contribution in [3.05, 3.63) is 50.0 Å². The maximum absolute atomic E-state index is 12.3. The zero-order valence-electron chi connectivity index (χ0n) is 11.1. The first-order valence-electron chi connectivity index (χ1n) is 6.17. The second kappa shape index (κ2) is 7.24. The van der Waals surface area contributed by atoms with Gasteiger partial charge in [-0.05, 0) is 57.0 Å². The molecule has 110 valence electrons. The Hall–Kier alpha value is -1.11. The van der Waals surface area contributed by atoms with Crippen molar-refractivity contribution in [2.45, 2.75) is 6.92 Å². The minimum atomic E-state index is -0.278. The molecule has 0 aliphatic rings. The van der Waals surface area contributed by atoms with Gasteiger partial charge in [-0.15, -0.1) is 0 Å². The Balaban J connectivity index is 2.23. The van der Waals surface area contributed by atoms with E-state index >= 15 is 0 Å². The molecule has 1 aromatic carbocycles. The second-order valence-corrected chi connectivity index (χ2v) is 6.25. The minimum Gasteiger partial charge on any atom is -0.369 e. The summed E-state index contributed by atoms with van der Waals surface area (Å²) in [6.45, 7) is 2.66. The first kappa shape index (κ1) is 16.3. The molecule has 2 N–H and O–H groups in total. The van der Waals surface area contributed by atoms with Crippen LogP contribution in [0.15, 0.2) is 39.4 Å². The summed E-state index contributed by atoms with van der Waals surface area (Å²) in [7, 11) is 0. The summed E-state index contributed by atoms with van der Waals surface area (Å²) in [5.41, 5.74) is 1.05. The summed E-state index contributed by atoms with van der Waals surface area (Å²) in [5.74, 6) is 0.290. The van der Waals surface area contributed by atoms with Crippen LogP contribution in [0.5, 0.6) is 0 Å². The molecule has 0 radical (unpaired) electrons. The van der Waals surface area contributed by atoms with Gasteiger partial charge in [-0.1, -0.05) is 17.7 Å². The van der Waals surface area contributed by atoms with Gasteiger partial charge in [-0.3, -0.25) is 4.79 Å². The van der Waals surface area contributed by atoms with Gasteiger partial charge in [-0.25, -0.2) is 4.98 Å². The number of para-hydroxylation sites is 1. The summed E-state index contributed by atoms with van der Waals surface area (Å²) in [5, 5.41) is 6.25. The SMILES string of the molecule is CCNc1ncc(C(=O)Nc2c(Br)cccc2Br)cc1Cl. The van der Waals surface area contributed by atoms with Crippen molar-refractivity contribution in [3.63, 3.8) is 0 Å². The number of carbonyl (C=O) groups excluding carboxylic acids is 1. The highest BCUT2D eigenvalue weighted by atomic mass is 79.9. The topological polar surface area (TPSA) is 54.0 Å². The molecule has 0 saturated heterocycles. The summed E-state index contributed by atoms with van der Waals surface area (Å²) in [6.07, 6.45) is 1.49. The van der Waals surface area contributed by atoms with Crippen molar-refractivity contribution in [1.29, 1.82) is 0 Å². The molecule has 2 aromatic rings. The van der Waals surface area contributed by atoms with Gasteiger partial charge in [0.05, 0.1) is 16.3 Å². The Morgan fingerprint density at radius 1 is 1.33 bits per heavy atom. The van der Waals surface area contributed by atoms with Gasteiger partial charge in [-0.2, -0.15) is 0 Å². The highest BCUT2D eigenvalue weighted by molar-refractivity contribution is 9.11. The standard InChI is InChI=1S/C14H12Br2ClN3O/c1-2-18-13-11(17)6-8(7-19-13)14(21)20-12-9(15)4-3-5-10(12)16/h3-7H,2H2,1H3,(H,18,19)(H,20,21). The van der Waals surface area contributed by atoms with Crippen LogP contribution in [0.3, 0.4) is 0 Å². The lowest BCUT2D eigenvalue weighted by Crippen LogP contribution is -2.13. The van der Waals surface area contributed by atoms with Crippen molar-refractivity contribution in [1.82, 2.24) is 4.98 Å². The first-order chi connectivity index (χ1) is 10.0. The normalized spacial score (nSPS) is 10.3. The van der Waals surface area contributed by atoms with Crippen molar-refractivity contribution in [2.24, 2.45) is 0 Å². The zero-order chi connectivity index (χ0) is 15.4. The van der Waals surface area contributed by atoms with Crippen LogP contribution in [-0.4, -0.2) is 17.4 Å². The smallest absolute Gasteiger partial charge is 0.257 e. The molecular formula is C14H12Br2ClN3O. The van der Waals surface area contributed by atoms with Gasteiger partial charge in [0.2, 0.25) is 0 Å². The Bertz CT molecular complexity index is 659. The molecule has 0 saturated carbocycles.